The van der Waals surface area contributed by atoms with Crippen LogP contribution in [0.3, 0.4) is 0 Å². The second kappa shape index (κ2) is 7.50. The summed E-state index contributed by atoms with van der Waals surface area (Å²) in [4.78, 5) is 0. The quantitative estimate of drug-likeness (QED) is 0.440. The predicted molar refractivity (Wildman–Crippen MR) is 69.6 cm³/mol. The number of rotatable bonds is 5. The Bertz CT molecular complexity index is 251. The van der Waals surface area contributed by atoms with Gasteiger partial charge in [0.25, 0.3) is 0 Å². The first-order valence-corrected chi connectivity index (χ1v) is 5.91. The van der Waals surface area contributed by atoms with Gasteiger partial charge in [0, 0.05) is 0 Å². The van der Waals surface area contributed by atoms with Crippen LogP contribution in [0.1, 0.15) is 48.0 Å². The lowest BCUT2D eigenvalue weighted by atomic mass is 9.96. The first kappa shape index (κ1) is 14.2. The Kier molecular flexibility index (Phi) is 7.11. The van der Waals surface area contributed by atoms with E-state index in [0.29, 0.717) is 11.8 Å². The first-order valence-electron chi connectivity index (χ1n) is 5.91. The van der Waals surface area contributed by atoms with Crippen molar-refractivity contribution in [3.8, 4) is 0 Å². The zero-order chi connectivity index (χ0) is 11.8. The maximum atomic E-state index is 3.28. The third-order valence-corrected chi connectivity index (χ3v) is 2.52. The molecule has 0 aromatic rings. The summed E-state index contributed by atoms with van der Waals surface area (Å²) in [5.74, 6) is 1.10. The SMILES string of the molecule is C/[C]=C(\C=C(C)CC)C(C)C=CC(C)C. The molecule has 0 saturated heterocycles. The van der Waals surface area contributed by atoms with Gasteiger partial charge in [0.1, 0.15) is 0 Å². The summed E-state index contributed by atoms with van der Waals surface area (Å²) in [5, 5.41) is 0. The van der Waals surface area contributed by atoms with Gasteiger partial charge in [-0.2, -0.15) is 0 Å². The van der Waals surface area contributed by atoms with E-state index in [0.717, 1.165) is 6.42 Å². The normalized spacial score (nSPS) is 16.5. The van der Waals surface area contributed by atoms with Crippen LogP contribution in [0.4, 0.5) is 0 Å². The highest BCUT2D eigenvalue weighted by Crippen LogP contribution is 2.17. The van der Waals surface area contributed by atoms with Crippen LogP contribution in [-0.4, -0.2) is 0 Å². The molecule has 0 saturated carbocycles. The van der Waals surface area contributed by atoms with Gasteiger partial charge in [-0.05, 0) is 43.8 Å². The molecule has 0 aliphatic heterocycles. The molecule has 1 atom stereocenters. The maximum absolute atomic E-state index is 3.28. The summed E-state index contributed by atoms with van der Waals surface area (Å²) in [5.41, 5.74) is 2.72. The molecule has 0 N–H and O–H groups in total. The van der Waals surface area contributed by atoms with Gasteiger partial charge in [-0.15, -0.1) is 0 Å². The Morgan fingerprint density at radius 2 is 1.80 bits per heavy atom. The Morgan fingerprint density at radius 1 is 1.20 bits per heavy atom. The molecule has 0 fully saturated rings. The lowest BCUT2D eigenvalue weighted by molar-refractivity contribution is 0.799. The van der Waals surface area contributed by atoms with Gasteiger partial charge in [0.15, 0.2) is 0 Å². The van der Waals surface area contributed by atoms with Gasteiger partial charge in [0.05, 0.1) is 0 Å². The zero-order valence-electron chi connectivity index (χ0n) is 11.1. The highest BCUT2D eigenvalue weighted by Gasteiger charge is 2.02. The van der Waals surface area contributed by atoms with Crippen molar-refractivity contribution in [2.24, 2.45) is 11.8 Å². The average Bonchev–Trinajstić information content (AvgIpc) is 2.21. The van der Waals surface area contributed by atoms with Crippen LogP contribution in [0.5, 0.6) is 0 Å². The van der Waals surface area contributed by atoms with E-state index in [1.807, 2.05) is 6.92 Å². The van der Waals surface area contributed by atoms with Gasteiger partial charge >= 0.3 is 0 Å². The molecule has 0 nitrogen and oxygen atoms in total. The largest absolute Gasteiger partial charge is 0.0854 e. The van der Waals surface area contributed by atoms with E-state index in [1.165, 1.54) is 11.1 Å². The molecule has 0 heteroatoms. The van der Waals surface area contributed by atoms with Crippen LogP contribution in [0, 0.1) is 17.9 Å². The molecule has 0 aromatic heterocycles. The summed E-state index contributed by atoms with van der Waals surface area (Å²) >= 11 is 0. The van der Waals surface area contributed by atoms with E-state index in [2.05, 4.69) is 58.9 Å². The molecule has 0 aromatic carbocycles. The standard InChI is InChI=1S/C15H25/c1-7-13(5)11-15(8-2)14(6)10-9-12(3)4/h9-12,14H,7H2,1-6H3. The molecule has 1 unspecified atom stereocenters. The van der Waals surface area contributed by atoms with E-state index >= 15 is 0 Å². The van der Waals surface area contributed by atoms with Gasteiger partial charge < -0.3 is 0 Å². The molecule has 0 aliphatic carbocycles. The minimum absolute atomic E-state index is 0.471. The van der Waals surface area contributed by atoms with Crippen molar-refractivity contribution in [2.75, 3.05) is 0 Å². The van der Waals surface area contributed by atoms with Crippen molar-refractivity contribution in [3.63, 3.8) is 0 Å². The molecule has 0 heterocycles. The number of allylic oxidation sites excluding steroid dienone is 6. The summed E-state index contributed by atoms with van der Waals surface area (Å²) in [7, 11) is 0. The smallest absolute Gasteiger partial charge is 0.000764 e. The topological polar surface area (TPSA) is 0 Å². The highest BCUT2D eigenvalue weighted by atomic mass is 14.1. The van der Waals surface area contributed by atoms with E-state index < -0.39 is 0 Å². The minimum Gasteiger partial charge on any atom is -0.0854 e. The summed E-state index contributed by atoms with van der Waals surface area (Å²) in [6.45, 7) is 13.0. The van der Waals surface area contributed by atoms with E-state index in [1.54, 1.807) is 0 Å². The van der Waals surface area contributed by atoms with Gasteiger partial charge in [-0.3, -0.25) is 0 Å². The Labute approximate surface area is 95.8 Å². The Balaban J connectivity index is 4.57. The van der Waals surface area contributed by atoms with Crippen LogP contribution in [0.15, 0.2) is 29.4 Å². The first-order chi connectivity index (χ1) is 7.01. The van der Waals surface area contributed by atoms with Crippen LogP contribution in [-0.2, 0) is 0 Å². The summed E-state index contributed by atoms with van der Waals surface area (Å²) in [6.07, 6.45) is 11.2. The van der Waals surface area contributed by atoms with E-state index in [4.69, 9.17) is 0 Å². The fraction of sp³-hybridized carbons (Fsp3) is 0.600. The fourth-order valence-electron chi connectivity index (χ4n) is 1.29. The maximum Gasteiger partial charge on any atom is -0.000764 e. The molecule has 0 rings (SSSR count). The van der Waals surface area contributed by atoms with Gasteiger partial charge in [-0.1, -0.05) is 51.5 Å². The van der Waals surface area contributed by atoms with Gasteiger partial charge in [0.2, 0.25) is 0 Å². The minimum atomic E-state index is 0.471. The summed E-state index contributed by atoms with van der Waals surface area (Å²) in [6, 6.07) is 0. The van der Waals surface area contributed by atoms with Crippen molar-refractivity contribution in [1.82, 2.24) is 0 Å². The zero-order valence-corrected chi connectivity index (χ0v) is 11.1. The number of hydrogen-bond donors (Lipinski definition) is 0. The van der Waals surface area contributed by atoms with Crippen LogP contribution in [0.25, 0.3) is 0 Å². The third-order valence-electron chi connectivity index (χ3n) is 2.52. The molecule has 15 heavy (non-hydrogen) atoms. The lowest BCUT2D eigenvalue weighted by Gasteiger charge is -2.09. The second-order valence-electron chi connectivity index (χ2n) is 4.47. The molecule has 85 valence electrons. The monoisotopic (exact) mass is 205 g/mol. The van der Waals surface area contributed by atoms with Crippen LogP contribution >= 0.6 is 0 Å². The van der Waals surface area contributed by atoms with Crippen molar-refractivity contribution >= 4 is 0 Å². The molecule has 0 amide bonds. The molecular weight excluding hydrogens is 180 g/mol. The predicted octanol–water partition coefficient (Wildman–Crippen LogP) is 4.94. The molecule has 1 radical (unpaired) electrons. The van der Waals surface area contributed by atoms with Crippen molar-refractivity contribution < 1.29 is 0 Å². The second-order valence-corrected chi connectivity index (χ2v) is 4.47. The molecule has 0 aliphatic rings. The van der Waals surface area contributed by atoms with Crippen molar-refractivity contribution in [2.45, 2.75) is 48.0 Å². The Morgan fingerprint density at radius 3 is 2.20 bits per heavy atom. The fourth-order valence-corrected chi connectivity index (χ4v) is 1.29. The molecule has 0 bridgehead atoms. The van der Waals surface area contributed by atoms with Gasteiger partial charge in [-0.25, -0.2) is 0 Å². The van der Waals surface area contributed by atoms with Crippen molar-refractivity contribution in [3.05, 3.63) is 35.5 Å². The Hall–Kier alpha value is -0.780. The van der Waals surface area contributed by atoms with Crippen LogP contribution < -0.4 is 0 Å². The number of hydrogen-bond acceptors (Lipinski definition) is 0. The lowest BCUT2D eigenvalue weighted by Crippen LogP contribution is -1.95. The van der Waals surface area contributed by atoms with Crippen molar-refractivity contribution in [1.29, 1.82) is 0 Å². The molecular formula is C15H25. The average molecular weight is 205 g/mol. The highest BCUT2D eigenvalue weighted by molar-refractivity contribution is 5.25. The van der Waals surface area contributed by atoms with E-state index in [-0.39, 0.29) is 0 Å². The van der Waals surface area contributed by atoms with Crippen LogP contribution in [0.2, 0.25) is 0 Å². The molecule has 0 spiro atoms. The summed E-state index contributed by atoms with van der Waals surface area (Å²) < 4.78 is 0. The van der Waals surface area contributed by atoms with E-state index in [9.17, 15) is 0 Å². The third kappa shape index (κ3) is 6.33.